The van der Waals surface area contributed by atoms with Gasteiger partial charge in [0.15, 0.2) is 0 Å². The highest BCUT2D eigenvalue weighted by molar-refractivity contribution is 5.82. The van der Waals surface area contributed by atoms with Gasteiger partial charge in [0.2, 0.25) is 6.29 Å². The van der Waals surface area contributed by atoms with Crippen molar-refractivity contribution in [3.8, 4) is 0 Å². The number of hydrogen-bond donors (Lipinski definition) is 0. The van der Waals surface area contributed by atoms with Crippen molar-refractivity contribution in [2.75, 3.05) is 0 Å². The van der Waals surface area contributed by atoms with Crippen molar-refractivity contribution in [3.05, 3.63) is 24.3 Å². The molecule has 0 aliphatic rings. The minimum atomic E-state index is -0.885. The molecule has 4 nitrogen and oxygen atoms in total. The van der Waals surface area contributed by atoms with Crippen LogP contribution >= 0.6 is 0 Å². The number of rotatable bonds is 4. The van der Waals surface area contributed by atoms with Crippen LogP contribution in [0.5, 0.6) is 0 Å². The highest BCUT2D eigenvalue weighted by Gasteiger charge is 2.25. The fourth-order valence-corrected chi connectivity index (χ4v) is 0.800. The number of carbonyl (C=O) groups is 2. The molecule has 1 unspecified atom stereocenters. The summed E-state index contributed by atoms with van der Waals surface area (Å²) < 4.78 is 9.82. The maximum atomic E-state index is 11.5. The van der Waals surface area contributed by atoms with Crippen LogP contribution in [0.1, 0.15) is 34.6 Å². The van der Waals surface area contributed by atoms with Crippen LogP contribution in [0.2, 0.25) is 0 Å². The Morgan fingerprint density at radius 2 is 1.71 bits per heavy atom. The number of carbonyl (C=O) groups excluding carboxylic acids is 2. The summed E-state index contributed by atoms with van der Waals surface area (Å²) in [4.78, 5) is 22.7. The third kappa shape index (κ3) is 7.33. The highest BCUT2D eigenvalue weighted by Crippen LogP contribution is 2.16. The summed E-state index contributed by atoms with van der Waals surface area (Å²) in [5.41, 5.74) is -0.610. The molecule has 0 heterocycles. The molecule has 0 saturated carbocycles. The van der Waals surface area contributed by atoms with E-state index in [2.05, 4.69) is 0 Å². The summed E-state index contributed by atoms with van der Waals surface area (Å²) in [5.74, 6) is -0.951. The van der Waals surface area contributed by atoms with Crippen LogP contribution in [0.25, 0.3) is 0 Å². The number of allylic oxidation sites excluding steroid dienone is 3. The quantitative estimate of drug-likeness (QED) is 0.328. The lowest BCUT2D eigenvalue weighted by atomic mass is 9.97. The second-order valence-electron chi connectivity index (χ2n) is 4.54. The van der Waals surface area contributed by atoms with Crippen molar-refractivity contribution < 1.29 is 19.1 Å². The monoisotopic (exact) mass is 240 g/mol. The molecule has 17 heavy (non-hydrogen) atoms. The average molecular weight is 240 g/mol. The van der Waals surface area contributed by atoms with E-state index in [1.54, 1.807) is 39.0 Å². The molecule has 96 valence electrons. The van der Waals surface area contributed by atoms with Gasteiger partial charge in [-0.05, 0) is 27.7 Å². The van der Waals surface area contributed by atoms with Crippen molar-refractivity contribution >= 4 is 11.9 Å². The SMILES string of the molecule is CC=CC=CC(=O)OC(C)OC(=O)C(C)(C)C. The van der Waals surface area contributed by atoms with Crippen molar-refractivity contribution in [1.82, 2.24) is 0 Å². The molecule has 0 rings (SSSR count). The lowest BCUT2D eigenvalue weighted by Crippen LogP contribution is -2.29. The predicted octanol–water partition coefficient (Wildman–Crippen LogP) is 2.60. The van der Waals surface area contributed by atoms with Gasteiger partial charge in [0.25, 0.3) is 0 Å². The van der Waals surface area contributed by atoms with E-state index in [9.17, 15) is 9.59 Å². The molecule has 0 aliphatic carbocycles. The van der Waals surface area contributed by atoms with Crippen molar-refractivity contribution in [2.24, 2.45) is 5.41 Å². The molecule has 0 spiro atoms. The summed E-state index contributed by atoms with van der Waals surface area (Å²) in [6.45, 7) is 8.54. The van der Waals surface area contributed by atoms with E-state index in [-0.39, 0.29) is 0 Å². The largest absolute Gasteiger partial charge is 0.425 e. The normalized spacial score (nSPS) is 13.9. The molecule has 4 heteroatoms. The summed E-state index contributed by atoms with van der Waals surface area (Å²) in [6, 6.07) is 0. The number of esters is 2. The van der Waals surface area contributed by atoms with E-state index in [1.807, 2.05) is 6.92 Å². The zero-order valence-electron chi connectivity index (χ0n) is 11.0. The second-order valence-corrected chi connectivity index (χ2v) is 4.54. The lowest BCUT2D eigenvalue weighted by molar-refractivity contribution is -0.187. The van der Waals surface area contributed by atoms with E-state index in [4.69, 9.17) is 9.47 Å². The summed E-state index contributed by atoms with van der Waals surface area (Å²) in [7, 11) is 0. The second kappa shape index (κ2) is 6.89. The van der Waals surface area contributed by atoms with Gasteiger partial charge >= 0.3 is 11.9 Å². The average Bonchev–Trinajstić information content (AvgIpc) is 2.16. The zero-order valence-corrected chi connectivity index (χ0v) is 11.0. The molecule has 0 radical (unpaired) electrons. The molecule has 0 fully saturated rings. The van der Waals surface area contributed by atoms with Crippen LogP contribution in [0.3, 0.4) is 0 Å². The van der Waals surface area contributed by atoms with E-state index in [0.29, 0.717) is 0 Å². The minimum absolute atomic E-state index is 0.407. The molecule has 0 aromatic rings. The molecule has 0 aromatic carbocycles. The first kappa shape index (κ1) is 15.4. The molecule has 0 saturated heterocycles. The standard InChI is InChI=1S/C13H20O4/c1-6-7-8-9-11(14)16-10(2)17-12(15)13(3,4)5/h6-10H,1-5H3. The smallest absolute Gasteiger partial charge is 0.333 e. The molecule has 1 atom stereocenters. The minimum Gasteiger partial charge on any atom is -0.425 e. The topological polar surface area (TPSA) is 52.6 Å². The fourth-order valence-electron chi connectivity index (χ4n) is 0.800. The number of hydrogen-bond acceptors (Lipinski definition) is 4. The summed E-state index contributed by atoms with van der Waals surface area (Å²) in [5, 5.41) is 0. The van der Waals surface area contributed by atoms with Gasteiger partial charge in [0, 0.05) is 13.0 Å². The van der Waals surface area contributed by atoms with E-state index in [0.717, 1.165) is 0 Å². The third-order valence-electron chi connectivity index (χ3n) is 1.70. The van der Waals surface area contributed by atoms with Gasteiger partial charge in [-0.3, -0.25) is 4.79 Å². The molecule has 0 bridgehead atoms. The Labute approximate surface area is 102 Å². The van der Waals surface area contributed by atoms with Gasteiger partial charge in [-0.2, -0.15) is 0 Å². The first-order valence-corrected chi connectivity index (χ1v) is 5.48. The summed E-state index contributed by atoms with van der Waals surface area (Å²) in [6.07, 6.45) is 5.42. The van der Waals surface area contributed by atoms with Crippen molar-refractivity contribution in [3.63, 3.8) is 0 Å². The lowest BCUT2D eigenvalue weighted by Gasteiger charge is -2.20. The molecular formula is C13H20O4. The predicted molar refractivity (Wildman–Crippen MR) is 65.1 cm³/mol. The van der Waals surface area contributed by atoms with Crippen molar-refractivity contribution in [2.45, 2.75) is 40.9 Å². The van der Waals surface area contributed by atoms with Gasteiger partial charge in [-0.25, -0.2) is 4.79 Å². The highest BCUT2D eigenvalue weighted by atomic mass is 16.7. The van der Waals surface area contributed by atoms with E-state index in [1.165, 1.54) is 13.0 Å². The van der Waals surface area contributed by atoms with Crippen LogP contribution in [-0.4, -0.2) is 18.2 Å². The molecule has 0 amide bonds. The zero-order chi connectivity index (χ0) is 13.5. The first-order chi connectivity index (χ1) is 7.77. The van der Waals surface area contributed by atoms with Crippen LogP contribution in [0.4, 0.5) is 0 Å². The maximum Gasteiger partial charge on any atom is 0.333 e. The van der Waals surface area contributed by atoms with Gasteiger partial charge in [-0.15, -0.1) is 0 Å². The molecule has 0 aromatic heterocycles. The molecule has 0 aliphatic heterocycles. The van der Waals surface area contributed by atoms with Gasteiger partial charge < -0.3 is 9.47 Å². The fraction of sp³-hybridized carbons (Fsp3) is 0.538. The Hall–Kier alpha value is -1.58. The molecular weight excluding hydrogens is 220 g/mol. The van der Waals surface area contributed by atoms with Crippen LogP contribution in [0, 0.1) is 5.41 Å². The van der Waals surface area contributed by atoms with Crippen molar-refractivity contribution in [1.29, 1.82) is 0 Å². The van der Waals surface area contributed by atoms with E-state index >= 15 is 0 Å². The number of ether oxygens (including phenoxy) is 2. The Morgan fingerprint density at radius 1 is 1.12 bits per heavy atom. The Bertz CT molecular complexity index is 321. The van der Waals surface area contributed by atoms with Crippen LogP contribution in [-0.2, 0) is 19.1 Å². The Balaban J connectivity index is 4.15. The Morgan fingerprint density at radius 3 is 2.18 bits per heavy atom. The molecule has 0 N–H and O–H groups in total. The van der Waals surface area contributed by atoms with Gasteiger partial charge in [0.1, 0.15) is 0 Å². The van der Waals surface area contributed by atoms with Gasteiger partial charge in [0.05, 0.1) is 5.41 Å². The Kier molecular flexibility index (Phi) is 6.25. The van der Waals surface area contributed by atoms with Crippen LogP contribution in [0.15, 0.2) is 24.3 Å². The maximum absolute atomic E-state index is 11.5. The third-order valence-corrected chi connectivity index (χ3v) is 1.70. The van der Waals surface area contributed by atoms with E-state index < -0.39 is 23.6 Å². The van der Waals surface area contributed by atoms with Gasteiger partial charge in [-0.1, -0.05) is 18.2 Å². The summed E-state index contributed by atoms with van der Waals surface area (Å²) >= 11 is 0. The first-order valence-electron chi connectivity index (χ1n) is 5.48. The van der Waals surface area contributed by atoms with Crippen LogP contribution < -0.4 is 0 Å².